The van der Waals surface area contributed by atoms with Crippen LogP contribution in [-0.2, 0) is 19.1 Å². The molecule has 2 N–H and O–H groups in total. The summed E-state index contributed by atoms with van der Waals surface area (Å²) in [7, 11) is 2.39. The molecular weight excluding hydrogens is 372 g/mol. The van der Waals surface area contributed by atoms with E-state index in [0.29, 0.717) is 22.0 Å². The molecule has 0 fully saturated rings. The van der Waals surface area contributed by atoms with Gasteiger partial charge >= 0.3 is 11.9 Å². The minimum atomic E-state index is -0.733. The molecule has 0 heterocycles. The van der Waals surface area contributed by atoms with Crippen molar-refractivity contribution in [3.05, 3.63) is 70.9 Å². The highest BCUT2D eigenvalue weighted by atomic mass is 35.5. The third-order valence-corrected chi connectivity index (χ3v) is 3.61. The van der Waals surface area contributed by atoms with Crippen molar-refractivity contribution in [1.82, 2.24) is 0 Å². The van der Waals surface area contributed by atoms with Crippen molar-refractivity contribution >= 4 is 40.8 Å². The molecule has 0 bridgehead atoms. The van der Waals surface area contributed by atoms with Crippen LogP contribution in [0.15, 0.2) is 60.3 Å². The number of carbonyl (C=O) groups excluding carboxylic acids is 3. The summed E-state index contributed by atoms with van der Waals surface area (Å²) in [4.78, 5) is 35.4. The van der Waals surface area contributed by atoms with Gasteiger partial charge in [-0.25, -0.2) is 9.59 Å². The highest BCUT2D eigenvalue weighted by molar-refractivity contribution is 6.31. The van der Waals surface area contributed by atoms with E-state index in [1.165, 1.54) is 14.2 Å². The number of ether oxygens (including phenoxy) is 2. The average Bonchev–Trinajstić information content (AvgIpc) is 2.67. The third kappa shape index (κ3) is 5.86. The summed E-state index contributed by atoms with van der Waals surface area (Å²) in [6.45, 7) is 0. The number of carbonyl (C=O) groups is 3. The molecule has 0 saturated carbocycles. The van der Waals surface area contributed by atoms with Crippen LogP contribution in [0.1, 0.15) is 10.4 Å². The molecule has 0 unspecified atom stereocenters. The molecule has 2 aromatic rings. The molecule has 1 amide bonds. The van der Waals surface area contributed by atoms with E-state index in [0.717, 1.165) is 6.08 Å². The predicted octanol–water partition coefficient (Wildman–Crippen LogP) is 3.23. The van der Waals surface area contributed by atoms with E-state index in [9.17, 15) is 14.4 Å². The summed E-state index contributed by atoms with van der Waals surface area (Å²) in [5.74, 6) is -1.76. The largest absolute Gasteiger partial charge is 0.466 e. The first kappa shape index (κ1) is 20.0. The van der Waals surface area contributed by atoms with Gasteiger partial charge in [0.1, 0.15) is 5.70 Å². The molecule has 140 valence electrons. The molecule has 0 atom stereocenters. The summed E-state index contributed by atoms with van der Waals surface area (Å²) in [5.41, 5.74) is 1.36. The zero-order chi connectivity index (χ0) is 19.8. The Morgan fingerprint density at radius 2 is 1.63 bits per heavy atom. The van der Waals surface area contributed by atoms with Crippen LogP contribution < -0.4 is 10.6 Å². The lowest BCUT2D eigenvalue weighted by Gasteiger charge is -2.10. The zero-order valence-corrected chi connectivity index (χ0v) is 15.4. The Bertz CT molecular complexity index is 878. The molecule has 0 saturated heterocycles. The first-order valence-electron chi connectivity index (χ1n) is 7.75. The SMILES string of the molecule is COC(=O)/C=C(/Nc1ccc(C(=O)Nc2cccc(Cl)c2)cc1)C(=O)OC. The maximum Gasteiger partial charge on any atom is 0.354 e. The van der Waals surface area contributed by atoms with E-state index in [-0.39, 0.29) is 11.6 Å². The van der Waals surface area contributed by atoms with Gasteiger partial charge in [0.05, 0.1) is 20.3 Å². The van der Waals surface area contributed by atoms with E-state index >= 15 is 0 Å². The first-order valence-corrected chi connectivity index (χ1v) is 8.12. The van der Waals surface area contributed by atoms with Gasteiger partial charge in [0.2, 0.25) is 0 Å². The van der Waals surface area contributed by atoms with Crippen molar-refractivity contribution in [2.45, 2.75) is 0 Å². The topological polar surface area (TPSA) is 93.7 Å². The van der Waals surface area contributed by atoms with Crippen molar-refractivity contribution in [2.75, 3.05) is 24.9 Å². The van der Waals surface area contributed by atoms with Crippen molar-refractivity contribution in [2.24, 2.45) is 0 Å². The van der Waals surface area contributed by atoms with Crippen LogP contribution in [0, 0.1) is 0 Å². The van der Waals surface area contributed by atoms with Crippen LogP contribution in [-0.4, -0.2) is 32.1 Å². The van der Waals surface area contributed by atoms with E-state index in [1.807, 2.05) is 0 Å². The van der Waals surface area contributed by atoms with Crippen molar-refractivity contribution < 1.29 is 23.9 Å². The average molecular weight is 389 g/mol. The summed E-state index contributed by atoms with van der Waals surface area (Å²) in [5, 5.41) is 6.00. The quantitative estimate of drug-likeness (QED) is 0.583. The highest BCUT2D eigenvalue weighted by Gasteiger charge is 2.13. The molecule has 0 aliphatic carbocycles. The van der Waals surface area contributed by atoms with Crippen molar-refractivity contribution in [1.29, 1.82) is 0 Å². The number of nitrogens with one attached hydrogen (secondary N) is 2. The lowest BCUT2D eigenvalue weighted by Crippen LogP contribution is -2.16. The molecule has 2 rings (SSSR count). The van der Waals surface area contributed by atoms with Crippen LogP contribution in [0.25, 0.3) is 0 Å². The lowest BCUT2D eigenvalue weighted by atomic mass is 10.2. The summed E-state index contributed by atoms with van der Waals surface area (Å²) < 4.78 is 9.12. The molecule has 27 heavy (non-hydrogen) atoms. The predicted molar refractivity (Wildman–Crippen MR) is 102 cm³/mol. The fraction of sp³-hybridized carbons (Fsp3) is 0.105. The van der Waals surface area contributed by atoms with Gasteiger partial charge in [-0.15, -0.1) is 0 Å². The molecule has 0 spiro atoms. The van der Waals surface area contributed by atoms with Gasteiger partial charge < -0.3 is 20.1 Å². The Balaban J connectivity index is 2.11. The number of rotatable bonds is 6. The van der Waals surface area contributed by atoms with Gasteiger partial charge in [-0.05, 0) is 42.5 Å². The van der Waals surface area contributed by atoms with E-state index < -0.39 is 11.9 Å². The van der Waals surface area contributed by atoms with Gasteiger partial charge in [-0.2, -0.15) is 0 Å². The van der Waals surface area contributed by atoms with Crippen molar-refractivity contribution in [3.63, 3.8) is 0 Å². The zero-order valence-electron chi connectivity index (χ0n) is 14.6. The third-order valence-electron chi connectivity index (χ3n) is 3.38. The second-order valence-corrected chi connectivity index (χ2v) is 5.68. The molecule has 0 aliphatic rings. The molecule has 0 radical (unpaired) electrons. The molecule has 7 nitrogen and oxygen atoms in total. The standard InChI is InChI=1S/C19H17ClN2O5/c1-26-17(23)11-16(19(25)27-2)21-14-8-6-12(7-9-14)18(24)22-15-5-3-4-13(20)10-15/h3-11,21H,1-2H3,(H,22,24)/b16-11+. The Morgan fingerprint density at radius 1 is 0.926 bits per heavy atom. The Kier molecular flexibility index (Phi) is 6.96. The molecule has 0 aliphatic heterocycles. The molecular formula is C19H17ClN2O5. The summed E-state index contributed by atoms with van der Waals surface area (Å²) >= 11 is 5.89. The first-order chi connectivity index (χ1) is 12.9. The maximum absolute atomic E-state index is 12.3. The number of anilines is 2. The minimum Gasteiger partial charge on any atom is -0.466 e. The highest BCUT2D eigenvalue weighted by Crippen LogP contribution is 2.17. The van der Waals surface area contributed by atoms with Gasteiger partial charge in [0, 0.05) is 22.0 Å². The molecule has 8 heteroatoms. The number of hydrogen-bond donors (Lipinski definition) is 2. The number of benzene rings is 2. The second-order valence-electron chi connectivity index (χ2n) is 5.24. The summed E-state index contributed by atoms with van der Waals surface area (Å²) in [6.07, 6.45) is 0.978. The fourth-order valence-electron chi connectivity index (χ4n) is 2.06. The van der Waals surface area contributed by atoms with Gasteiger partial charge in [0.15, 0.2) is 0 Å². The normalized spacial score (nSPS) is 10.7. The van der Waals surface area contributed by atoms with E-state index in [2.05, 4.69) is 20.1 Å². The van der Waals surface area contributed by atoms with E-state index in [4.69, 9.17) is 11.6 Å². The lowest BCUT2D eigenvalue weighted by molar-refractivity contribution is -0.138. The smallest absolute Gasteiger partial charge is 0.354 e. The van der Waals surface area contributed by atoms with Crippen LogP contribution in [0.2, 0.25) is 5.02 Å². The number of amides is 1. The molecule has 2 aromatic carbocycles. The minimum absolute atomic E-state index is 0.0968. The van der Waals surface area contributed by atoms with Crippen LogP contribution >= 0.6 is 11.6 Å². The number of halogens is 1. The Morgan fingerprint density at radius 3 is 2.22 bits per heavy atom. The summed E-state index contributed by atoms with van der Waals surface area (Å²) in [6, 6.07) is 13.1. The van der Waals surface area contributed by atoms with Crippen LogP contribution in [0.4, 0.5) is 11.4 Å². The van der Waals surface area contributed by atoms with E-state index in [1.54, 1.807) is 48.5 Å². The Labute approximate surface area is 160 Å². The monoisotopic (exact) mass is 388 g/mol. The number of esters is 2. The van der Waals surface area contributed by atoms with Gasteiger partial charge in [-0.1, -0.05) is 17.7 Å². The second kappa shape index (κ2) is 9.40. The number of methoxy groups -OCH3 is 2. The number of hydrogen-bond acceptors (Lipinski definition) is 6. The fourth-order valence-corrected chi connectivity index (χ4v) is 2.25. The van der Waals surface area contributed by atoms with Crippen LogP contribution in [0.5, 0.6) is 0 Å². The van der Waals surface area contributed by atoms with Gasteiger partial charge in [-0.3, -0.25) is 4.79 Å². The molecule has 0 aromatic heterocycles. The van der Waals surface area contributed by atoms with Crippen LogP contribution in [0.3, 0.4) is 0 Å². The van der Waals surface area contributed by atoms with Crippen molar-refractivity contribution in [3.8, 4) is 0 Å². The van der Waals surface area contributed by atoms with Gasteiger partial charge in [0.25, 0.3) is 5.91 Å². The Hall–Kier alpha value is -3.32. The maximum atomic E-state index is 12.3.